The van der Waals surface area contributed by atoms with Gasteiger partial charge in [0.05, 0.1) is 17.5 Å². The second-order valence-electron chi connectivity index (χ2n) is 4.69. The molecule has 0 aliphatic rings. The van der Waals surface area contributed by atoms with Gasteiger partial charge in [-0.3, -0.25) is 9.59 Å². The first-order valence-electron chi connectivity index (χ1n) is 6.51. The number of carbonyl (C=O) groups excluding carboxylic acids is 1. The van der Waals surface area contributed by atoms with E-state index in [2.05, 4.69) is 15.3 Å². The van der Waals surface area contributed by atoms with E-state index in [-0.39, 0.29) is 22.8 Å². The van der Waals surface area contributed by atoms with Crippen molar-refractivity contribution in [3.05, 3.63) is 57.9 Å². The van der Waals surface area contributed by atoms with Gasteiger partial charge in [-0.25, -0.2) is 4.98 Å². The summed E-state index contributed by atoms with van der Waals surface area (Å²) in [5.41, 5.74) is 0.881. The summed E-state index contributed by atoms with van der Waals surface area (Å²) >= 11 is 1.56. The molecule has 22 heavy (non-hydrogen) atoms. The zero-order valence-corrected chi connectivity index (χ0v) is 12.0. The summed E-state index contributed by atoms with van der Waals surface area (Å²) in [5, 5.41) is 2.79. The number of hydrogen-bond acceptors (Lipinski definition) is 5. The van der Waals surface area contributed by atoms with Crippen molar-refractivity contribution in [2.24, 2.45) is 0 Å². The average molecular weight is 314 g/mol. The van der Waals surface area contributed by atoms with Gasteiger partial charge in [0, 0.05) is 23.5 Å². The van der Waals surface area contributed by atoms with Crippen LogP contribution in [0.2, 0.25) is 0 Å². The molecule has 8 heteroatoms. The quantitative estimate of drug-likeness (QED) is 0.602. The molecule has 0 saturated heterocycles. The molecular formula is C14H10N4O3S. The van der Waals surface area contributed by atoms with Crippen molar-refractivity contribution in [3.8, 4) is 0 Å². The average Bonchev–Trinajstić information content (AvgIpc) is 3.18. The Balaban J connectivity index is 1.54. The van der Waals surface area contributed by atoms with Gasteiger partial charge in [0.15, 0.2) is 0 Å². The van der Waals surface area contributed by atoms with Crippen molar-refractivity contribution in [2.75, 3.05) is 0 Å². The number of fused-ring (bicyclic) bond motifs is 2. The van der Waals surface area contributed by atoms with Gasteiger partial charge in [-0.15, -0.1) is 11.3 Å². The van der Waals surface area contributed by atoms with Crippen LogP contribution in [-0.4, -0.2) is 20.3 Å². The Bertz CT molecular complexity index is 1010. The molecule has 0 radical (unpaired) electrons. The van der Waals surface area contributed by atoms with E-state index in [0.29, 0.717) is 6.54 Å². The lowest BCUT2D eigenvalue weighted by Gasteiger charge is -1.99. The summed E-state index contributed by atoms with van der Waals surface area (Å²) in [7, 11) is 0. The smallest absolute Gasteiger partial charge is 0.291 e. The van der Waals surface area contributed by atoms with Crippen molar-refractivity contribution >= 4 is 33.2 Å². The largest absolute Gasteiger partial charge is 0.463 e. The number of aromatic nitrogens is 3. The molecule has 0 aliphatic carbocycles. The van der Waals surface area contributed by atoms with Crippen LogP contribution in [0, 0.1) is 0 Å². The lowest BCUT2D eigenvalue weighted by atomic mass is 10.4. The highest BCUT2D eigenvalue weighted by molar-refractivity contribution is 7.18. The zero-order valence-electron chi connectivity index (χ0n) is 11.2. The van der Waals surface area contributed by atoms with E-state index in [9.17, 15) is 9.59 Å². The Morgan fingerprint density at radius 1 is 1.50 bits per heavy atom. The molecule has 1 amide bonds. The van der Waals surface area contributed by atoms with Crippen molar-refractivity contribution in [1.29, 1.82) is 0 Å². The first kappa shape index (κ1) is 12.8. The van der Waals surface area contributed by atoms with Crippen LogP contribution in [0.3, 0.4) is 0 Å². The van der Waals surface area contributed by atoms with E-state index >= 15 is 0 Å². The monoisotopic (exact) mass is 314 g/mol. The summed E-state index contributed by atoms with van der Waals surface area (Å²) in [4.78, 5) is 31.3. The molecule has 0 bridgehead atoms. The first-order chi connectivity index (χ1) is 10.7. The number of rotatable bonds is 3. The van der Waals surface area contributed by atoms with Gasteiger partial charge < -0.3 is 19.1 Å². The third-order valence-electron chi connectivity index (χ3n) is 3.23. The zero-order chi connectivity index (χ0) is 15.1. The number of nitrogens with one attached hydrogen (secondary N) is 2. The number of imidazole rings is 1. The van der Waals surface area contributed by atoms with Crippen LogP contribution in [0.15, 0.2) is 46.2 Å². The molecule has 0 unspecified atom stereocenters. The molecule has 0 fully saturated rings. The summed E-state index contributed by atoms with van der Waals surface area (Å²) in [6.45, 7) is 0.387. The SMILES string of the molecule is O=C(NCc1cc2occc2s1)c1cn2cc[nH]c(=O)c2n1. The van der Waals surface area contributed by atoms with Gasteiger partial charge in [-0.2, -0.15) is 0 Å². The van der Waals surface area contributed by atoms with Crippen molar-refractivity contribution < 1.29 is 9.21 Å². The van der Waals surface area contributed by atoms with E-state index < -0.39 is 0 Å². The maximum atomic E-state index is 12.1. The predicted molar refractivity (Wildman–Crippen MR) is 81.1 cm³/mol. The van der Waals surface area contributed by atoms with Crippen molar-refractivity contribution in [2.45, 2.75) is 6.54 Å². The van der Waals surface area contributed by atoms with Gasteiger partial charge >= 0.3 is 0 Å². The lowest BCUT2D eigenvalue weighted by Crippen LogP contribution is -2.22. The second kappa shape index (κ2) is 4.85. The molecule has 4 aromatic heterocycles. The number of thiophene rings is 1. The number of aromatic amines is 1. The van der Waals surface area contributed by atoms with Crippen LogP contribution in [0.4, 0.5) is 0 Å². The maximum Gasteiger partial charge on any atom is 0.291 e. The third-order valence-corrected chi connectivity index (χ3v) is 4.31. The van der Waals surface area contributed by atoms with E-state index in [1.165, 1.54) is 16.8 Å². The van der Waals surface area contributed by atoms with Crippen molar-refractivity contribution in [1.82, 2.24) is 19.7 Å². The standard InChI is InChI=1S/C14H10N4O3S/c19-13(9-7-18-3-2-15-14(20)12(18)17-9)16-6-8-5-10-11(22-8)1-4-21-10/h1-5,7H,6H2,(H,15,20)(H,16,19). The first-order valence-corrected chi connectivity index (χ1v) is 7.33. The number of nitrogens with zero attached hydrogens (tertiary/aromatic N) is 2. The molecule has 4 heterocycles. The van der Waals surface area contributed by atoms with E-state index in [0.717, 1.165) is 15.2 Å². The van der Waals surface area contributed by atoms with Gasteiger partial charge in [-0.1, -0.05) is 0 Å². The molecule has 2 N–H and O–H groups in total. The lowest BCUT2D eigenvalue weighted by molar-refractivity contribution is 0.0947. The predicted octanol–water partition coefficient (Wildman–Crippen LogP) is 1.76. The Hall–Kier alpha value is -2.87. The molecule has 4 rings (SSSR count). The molecule has 0 aliphatic heterocycles. The van der Waals surface area contributed by atoms with Crippen LogP contribution in [0.5, 0.6) is 0 Å². The normalized spacial score (nSPS) is 11.3. The van der Waals surface area contributed by atoms with E-state index in [4.69, 9.17) is 4.42 Å². The van der Waals surface area contributed by atoms with E-state index in [1.54, 1.807) is 23.8 Å². The number of H-pyrrole nitrogens is 1. The second-order valence-corrected chi connectivity index (χ2v) is 5.86. The van der Waals surface area contributed by atoms with Gasteiger partial charge in [0.25, 0.3) is 11.5 Å². The topological polar surface area (TPSA) is 92.4 Å². The highest BCUT2D eigenvalue weighted by Crippen LogP contribution is 2.26. The molecule has 4 aromatic rings. The molecule has 110 valence electrons. The Morgan fingerprint density at radius 2 is 2.41 bits per heavy atom. The minimum Gasteiger partial charge on any atom is -0.463 e. The number of furan rings is 1. The summed E-state index contributed by atoms with van der Waals surface area (Å²) < 4.78 is 7.85. The van der Waals surface area contributed by atoms with Crippen LogP contribution in [0.1, 0.15) is 15.4 Å². The highest BCUT2D eigenvalue weighted by atomic mass is 32.1. The molecule has 0 spiro atoms. The summed E-state index contributed by atoms with van der Waals surface area (Å²) in [6, 6.07) is 3.79. The van der Waals surface area contributed by atoms with Crippen LogP contribution < -0.4 is 10.9 Å². The minimum atomic E-state index is -0.333. The highest BCUT2D eigenvalue weighted by Gasteiger charge is 2.13. The molecule has 7 nitrogen and oxygen atoms in total. The molecular weight excluding hydrogens is 304 g/mol. The summed E-state index contributed by atoms with van der Waals surface area (Å²) in [5.74, 6) is -0.326. The fourth-order valence-corrected chi connectivity index (χ4v) is 3.13. The fourth-order valence-electron chi connectivity index (χ4n) is 2.20. The van der Waals surface area contributed by atoms with Crippen LogP contribution >= 0.6 is 11.3 Å². The molecule has 0 atom stereocenters. The molecule has 0 aromatic carbocycles. The Morgan fingerprint density at radius 3 is 3.23 bits per heavy atom. The summed E-state index contributed by atoms with van der Waals surface area (Å²) in [6.07, 6.45) is 6.30. The fraction of sp³-hybridized carbons (Fsp3) is 0.0714. The maximum absolute atomic E-state index is 12.1. The number of carbonyl (C=O) groups is 1. The third kappa shape index (κ3) is 2.09. The van der Waals surface area contributed by atoms with Gasteiger partial charge in [0.1, 0.15) is 11.3 Å². The van der Waals surface area contributed by atoms with Crippen LogP contribution in [0.25, 0.3) is 15.9 Å². The Kier molecular flexibility index (Phi) is 2.83. The van der Waals surface area contributed by atoms with E-state index in [1.807, 2.05) is 12.1 Å². The van der Waals surface area contributed by atoms with Gasteiger partial charge in [0.2, 0.25) is 5.65 Å². The minimum absolute atomic E-state index is 0.196. The number of amides is 1. The van der Waals surface area contributed by atoms with Crippen molar-refractivity contribution in [3.63, 3.8) is 0 Å². The number of hydrogen-bond donors (Lipinski definition) is 2. The van der Waals surface area contributed by atoms with Gasteiger partial charge in [-0.05, 0) is 12.1 Å². The van der Waals surface area contributed by atoms with Crippen LogP contribution in [-0.2, 0) is 6.54 Å². The Labute approximate surface area is 127 Å². The molecule has 0 saturated carbocycles.